The average Bonchev–Trinajstić information content (AvgIpc) is 3.06. The molecule has 9 nitrogen and oxygen atoms in total. The highest BCUT2D eigenvalue weighted by atomic mass is 19.4. The topological polar surface area (TPSA) is 130 Å². The largest absolute Gasteiger partial charge is 0.471 e. The maximum atomic E-state index is 12.6. The number of aromatic nitrogens is 3. The first kappa shape index (κ1) is 21.3. The molecule has 0 saturated heterocycles. The van der Waals surface area contributed by atoms with E-state index in [9.17, 15) is 28.2 Å². The summed E-state index contributed by atoms with van der Waals surface area (Å²) < 4.78 is 44.4. The number of ether oxygens (including phenoxy) is 1. The molecule has 4 N–H and O–H groups in total. The first-order chi connectivity index (χ1) is 12.7. The first-order valence-corrected chi connectivity index (χ1v) is 8.13. The van der Waals surface area contributed by atoms with Crippen molar-refractivity contribution in [2.24, 2.45) is 5.92 Å². The Hall–Kier alpha value is -2.02. The second-order valence-corrected chi connectivity index (χ2v) is 6.22. The van der Waals surface area contributed by atoms with Crippen LogP contribution in [0.5, 0.6) is 0 Å². The van der Waals surface area contributed by atoms with E-state index < -0.39 is 42.4 Å². The summed E-state index contributed by atoms with van der Waals surface area (Å²) in [7, 11) is 0. The van der Waals surface area contributed by atoms with Gasteiger partial charge in [-0.2, -0.15) is 13.2 Å². The van der Waals surface area contributed by atoms with Crippen LogP contribution in [0.1, 0.15) is 12.1 Å². The molecule has 27 heavy (non-hydrogen) atoms. The standard InChI is InChI=1S/C15H21F3N4O5/c1-2-3-27-10-4-8(5-22-6-9(7-23)20-21-22)12(24)13(25)11(10)19-14(26)15(16,17)18/h2,6,8,10-13,23-25H,1,3-5,7H2,(H,19,26)/t8-,10+,11+,12+,13-/m1/s1. The second kappa shape index (κ2) is 8.78. The number of aliphatic hydroxyl groups excluding tert-OH is 3. The summed E-state index contributed by atoms with van der Waals surface area (Å²) in [6, 6.07) is -1.45. The molecule has 1 aliphatic carbocycles. The van der Waals surface area contributed by atoms with Crippen molar-refractivity contribution in [2.75, 3.05) is 6.61 Å². The van der Waals surface area contributed by atoms with Crippen molar-refractivity contribution >= 4 is 5.91 Å². The van der Waals surface area contributed by atoms with Gasteiger partial charge in [-0.05, 0) is 6.42 Å². The van der Waals surface area contributed by atoms with Crippen LogP contribution in [-0.2, 0) is 22.7 Å². The van der Waals surface area contributed by atoms with Gasteiger partial charge in [0.05, 0.1) is 37.7 Å². The summed E-state index contributed by atoms with van der Waals surface area (Å²) in [5.41, 5.74) is 0.302. The van der Waals surface area contributed by atoms with Gasteiger partial charge >= 0.3 is 12.1 Å². The summed E-state index contributed by atoms with van der Waals surface area (Å²) in [5.74, 6) is -2.87. The number of carbonyl (C=O) groups is 1. The zero-order valence-corrected chi connectivity index (χ0v) is 14.2. The van der Waals surface area contributed by atoms with Gasteiger partial charge in [0.15, 0.2) is 0 Å². The number of aliphatic hydroxyl groups is 3. The Morgan fingerprint density at radius 3 is 2.70 bits per heavy atom. The van der Waals surface area contributed by atoms with E-state index in [1.165, 1.54) is 17.0 Å². The minimum Gasteiger partial charge on any atom is -0.390 e. The Labute approximate surface area is 152 Å². The molecule has 5 atom stereocenters. The molecule has 0 bridgehead atoms. The predicted octanol–water partition coefficient (Wildman–Crippen LogP) is -0.870. The van der Waals surface area contributed by atoms with Crippen molar-refractivity contribution in [3.05, 3.63) is 24.5 Å². The predicted molar refractivity (Wildman–Crippen MR) is 84.0 cm³/mol. The monoisotopic (exact) mass is 394 g/mol. The Morgan fingerprint density at radius 1 is 1.44 bits per heavy atom. The molecule has 1 fully saturated rings. The number of hydrogen-bond acceptors (Lipinski definition) is 7. The number of alkyl halides is 3. The van der Waals surface area contributed by atoms with Crippen LogP contribution in [0.15, 0.2) is 18.9 Å². The zero-order valence-electron chi connectivity index (χ0n) is 14.2. The molecule has 0 spiro atoms. The third kappa shape index (κ3) is 5.25. The van der Waals surface area contributed by atoms with Crippen LogP contribution >= 0.6 is 0 Å². The molecule has 12 heteroatoms. The summed E-state index contributed by atoms with van der Waals surface area (Å²) in [6.07, 6.45) is -6.39. The third-order valence-electron chi connectivity index (χ3n) is 4.29. The Kier molecular flexibility index (Phi) is 6.92. The Balaban J connectivity index is 2.15. The number of nitrogens with one attached hydrogen (secondary N) is 1. The van der Waals surface area contributed by atoms with E-state index in [0.29, 0.717) is 5.69 Å². The van der Waals surface area contributed by atoms with Gasteiger partial charge in [-0.15, -0.1) is 11.7 Å². The molecule has 1 heterocycles. The summed E-state index contributed by atoms with van der Waals surface area (Å²) in [5, 5.41) is 38.8. The molecule has 1 aromatic heterocycles. The zero-order chi connectivity index (χ0) is 20.2. The van der Waals surface area contributed by atoms with E-state index >= 15 is 0 Å². The highest BCUT2D eigenvalue weighted by Gasteiger charge is 2.48. The van der Waals surface area contributed by atoms with E-state index in [1.807, 2.05) is 0 Å². The summed E-state index contributed by atoms with van der Waals surface area (Å²) >= 11 is 0. The number of halogens is 3. The molecule has 1 amide bonds. The number of rotatable bonds is 7. The lowest BCUT2D eigenvalue weighted by atomic mass is 9.79. The van der Waals surface area contributed by atoms with Crippen molar-refractivity contribution in [3.63, 3.8) is 0 Å². The maximum Gasteiger partial charge on any atom is 0.471 e. The van der Waals surface area contributed by atoms with Crippen LogP contribution in [-0.4, -0.2) is 73.4 Å². The lowest BCUT2D eigenvalue weighted by Crippen LogP contribution is -2.63. The van der Waals surface area contributed by atoms with Crippen molar-refractivity contribution in [1.29, 1.82) is 0 Å². The molecular formula is C15H21F3N4O5. The fourth-order valence-electron chi connectivity index (χ4n) is 2.99. The molecule has 0 aliphatic heterocycles. The van der Waals surface area contributed by atoms with E-state index in [2.05, 4.69) is 16.9 Å². The van der Waals surface area contributed by atoms with Gasteiger partial charge < -0.3 is 25.4 Å². The second-order valence-electron chi connectivity index (χ2n) is 6.22. The van der Waals surface area contributed by atoms with Crippen LogP contribution < -0.4 is 5.32 Å². The molecule has 0 radical (unpaired) electrons. The fraction of sp³-hybridized carbons (Fsp3) is 0.667. The SMILES string of the molecule is C=CCO[C@H]1C[C@H](Cn2cc(CO)nn2)[C@H](O)[C@H](O)[C@H]1NC(=O)C(F)(F)F. The molecule has 0 unspecified atom stereocenters. The third-order valence-corrected chi connectivity index (χ3v) is 4.29. The minimum absolute atomic E-state index is 0.0173. The van der Waals surface area contributed by atoms with E-state index in [1.54, 1.807) is 5.32 Å². The lowest BCUT2D eigenvalue weighted by molar-refractivity contribution is -0.181. The number of carbonyl (C=O) groups excluding carboxylic acids is 1. The van der Waals surface area contributed by atoms with Crippen molar-refractivity contribution in [2.45, 2.75) is 50.1 Å². The molecule has 1 aliphatic rings. The van der Waals surface area contributed by atoms with Crippen LogP contribution in [0.3, 0.4) is 0 Å². The van der Waals surface area contributed by atoms with E-state index in [0.717, 1.165) is 0 Å². The summed E-state index contributed by atoms with van der Waals surface area (Å²) in [4.78, 5) is 11.3. The first-order valence-electron chi connectivity index (χ1n) is 8.13. The van der Waals surface area contributed by atoms with Gasteiger partial charge in [-0.1, -0.05) is 11.3 Å². The molecule has 152 valence electrons. The Bertz CT molecular complexity index is 654. The average molecular weight is 394 g/mol. The smallest absolute Gasteiger partial charge is 0.390 e. The molecular weight excluding hydrogens is 373 g/mol. The number of amides is 1. The number of hydrogen-bond donors (Lipinski definition) is 4. The number of nitrogens with zero attached hydrogens (tertiary/aromatic N) is 3. The molecule has 0 aromatic carbocycles. The van der Waals surface area contributed by atoms with Crippen LogP contribution in [0.25, 0.3) is 0 Å². The minimum atomic E-state index is -5.13. The van der Waals surface area contributed by atoms with Gasteiger partial charge in [0.25, 0.3) is 0 Å². The van der Waals surface area contributed by atoms with Gasteiger partial charge in [-0.3, -0.25) is 9.48 Å². The van der Waals surface area contributed by atoms with Crippen LogP contribution in [0.2, 0.25) is 0 Å². The lowest BCUT2D eigenvalue weighted by Gasteiger charge is -2.42. The van der Waals surface area contributed by atoms with Crippen molar-refractivity contribution in [1.82, 2.24) is 20.3 Å². The molecule has 2 rings (SSSR count). The van der Waals surface area contributed by atoms with Gasteiger partial charge in [-0.25, -0.2) is 0 Å². The van der Waals surface area contributed by atoms with Gasteiger partial charge in [0, 0.05) is 12.5 Å². The van der Waals surface area contributed by atoms with Gasteiger partial charge in [0.1, 0.15) is 11.8 Å². The molecule has 1 aromatic rings. The van der Waals surface area contributed by atoms with Crippen molar-refractivity contribution < 1.29 is 38.0 Å². The highest BCUT2D eigenvalue weighted by molar-refractivity contribution is 5.82. The van der Waals surface area contributed by atoms with Crippen LogP contribution in [0.4, 0.5) is 13.2 Å². The summed E-state index contributed by atoms with van der Waals surface area (Å²) in [6.45, 7) is 3.19. The fourth-order valence-corrected chi connectivity index (χ4v) is 2.99. The quantitative estimate of drug-likeness (QED) is 0.443. The van der Waals surface area contributed by atoms with E-state index in [-0.39, 0.29) is 26.2 Å². The van der Waals surface area contributed by atoms with Gasteiger partial charge in [0.2, 0.25) is 0 Å². The van der Waals surface area contributed by atoms with Crippen molar-refractivity contribution in [3.8, 4) is 0 Å². The normalized spacial score (nSPS) is 28.7. The Morgan fingerprint density at radius 2 is 2.15 bits per heavy atom. The molecule has 1 saturated carbocycles. The van der Waals surface area contributed by atoms with E-state index in [4.69, 9.17) is 9.84 Å². The van der Waals surface area contributed by atoms with Crippen LogP contribution in [0, 0.1) is 5.92 Å². The highest BCUT2D eigenvalue weighted by Crippen LogP contribution is 2.30. The maximum absolute atomic E-state index is 12.6.